The fourth-order valence-electron chi connectivity index (χ4n) is 2.83. The van der Waals surface area contributed by atoms with Crippen molar-refractivity contribution in [1.29, 1.82) is 0 Å². The maximum Gasteiger partial charge on any atom is 0.125 e. The van der Waals surface area contributed by atoms with Gasteiger partial charge in [0.25, 0.3) is 0 Å². The Hall–Kier alpha value is -1.65. The van der Waals surface area contributed by atoms with Crippen LogP contribution in [0.2, 0.25) is 0 Å². The topological polar surface area (TPSA) is 39.9 Å². The van der Waals surface area contributed by atoms with Crippen molar-refractivity contribution in [3.63, 3.8) is 0 Å². The number of pyridine rings is 1. The number of hydrogen-bond donors (Lipinski definition) is 0. The van der Waals surface area contributed by atoms with Crippen molar-refractivity contribution in [2.45, 2.75) is 25.3 Å². The summed E-state index contributed by atoms with van der Waals surface area (Å²) in [5, 5.41) is 1.11. The van der Waals surface area contributed by atoms with Gasteiger partial charge in [0.05, 0.1) is 35.8 Å². The molecule has 0 aliphatic rings. The molecule has 0 spiro atoms. The number of hydrogen-bond acceptors (Lipinski definition) is 3. The zero-order valence-corrected chi connectivity index (χ0v) is 13.0. The first kappa shape index (κ1) is 14.3. The quantitative estimate of drug-likeness (QED) is 0.671. The first-order chi connectivity index (χ1) is 10.3. The normalized spacial score (nSPS) is 13.1. The molecule has 0 aliphatic heterocycles. The number of para-hydroxylation sites is 1. The van der Waals surface area contributed by atoms with E-state index in [4.69, 9.17) is 16.3 Å². The number of methoxy groups -OCH3 is 1. The molecule has 4 nitrogen and oxygen atoms in total. The minimum atomic E-state index is 0.222. The van der Waals surface area contributed by atoms with Gasteiger partial charge in [0.1, 0.15) is 11.3 Å². The molecule has 1 atom stereocenters. The van der Waals surface area contributed by atoms with Crippen LogP contribution in [0.25, 0.3) is 21.9 Å². The predicted molar refractivity (Wildman–Crippen MR) is 85.8 cm³/mol. The van der Waals surface area contributed by atoms with Crippen LogP contribution >= 0.6 is 11.6 Å². The van der Waals surface area contributed by atoms with Crippen molar-refractivity contribution in [2.24, 2.45) is 0 Å². The highest BCUT2D eigenvalue weighted by molar-refractivity contribution is 6.17. The average molecular weight is 304 g/mol. The molecule has 0 saturated carbocycles. The fourth-order valence-corrected chi connectivity index (χ4v) is 3.02. The molecule has 21 heavy (non-hydrogen) atoms. The lowest BCUT2D eigenvalue weighted by Gasteiger charge is -2.19. The summed E-state index contributed by atoms with van der Waals surface area (Å²) in [7, 11) is 1.72. The highest BCUT2D eigenvalue weighted by Crippen LogP contribution is 2.29. The summed E-state index contributed by atoms with van der Waals surface area (Å²) < 4.78 is 7.59. The summed E-state index contributed by atoms with van der Waals surface area (Å²) in [5.41, 5.74) is 2.96. The van der Waals surface area contributed by atoms with E-state index >= 15 is 0 Å². The second-order valence-electron chi connectivity index (χ2n) is 5.06. The van der Waals surface area contributed by atoms with Gasteiger partial charge in [0.2, 0.25) is 0 Å². The number of fused-ring (bicyclic) bond motifs is 3. The molecule has 0 bridgehead atoms. The predicted octanol–water partition coefficient (Wildman–Crippen LogP) is 3.92. The lowest BCUT2D eigenvalue weighted by molar-refractivity contribution is 0.154. The SMILES string of the molecule is CCC(COC)n1c(CCl)nc2cnc3ccccc3c21. The fraction of sp³-hybridized carbons (Fsp3) is 0.375. The number of alkyl halides is 1. The summed E-state index contributed by atoms with van der Waals surface area (Å²) in [4.78, 5) is 9.12. The smallest absolute Gasteiger partial charge is 0.125 e. The maximum atomic E-state index is 6.11. The van der Waals surface area contributed by atoms with E-state index in [0.29, 0.717) is 12.5 Å². The van der Waals surface area contributed by atoms with Gasteiger partial charge in [-0.05, 0) is 12.5 Å². The Balaban J connectivity index is 2.36. The summed E-state index contributed by atoms with van der Waals surface area (Å²) >= 11 is 6.11. The van der Waals surface area contributed by atoms with Crippen LogP contribution in [0.4, 0.5) is 0 Å². The molecule has 3 rings (SSSR count). The van der Waals surface area contributed by atoms with Gasteiger partial charge in [-0.15, -0.1) is 11.6 Å². The Morgan fingerprint density at radius 3 is 2.81 bits per heavy atom. The summed E-state index contributed by atoms with van der Waals surface area (Å²) in [6.45, 7) is 2.79. The first-order valence-corrected chi connectivity index (χ1v) is 7.63. The van der Waals surface area contributed by atoms with Gasteiger partial charge in [-0.1, -0.05) is 25.1 Å². The van der Waals surface area contributed by atoms with E-state index in [2.05, 4.69) is 27.5 Å². The second-order valence-corrected chi connectivity index (χ2v) is 5.33. The van der Waals surface area contributed by atoms with E-state index in [9.17, 15) is 0 Å². The van der Waals surface area contributed by atoms with E-state index in [0.717, 1.165) is 34.2 Å². The monoisotopic (exact) mass is 303 g/mol. The second kappa shape index (κ2) is 6.00. The molecule has 0 amide bonds. The highest BCUT2D eigenvalue weighted by atomic mass is 35.5. The molecule has 0 fully saturated rings. The molecular formula is C16H18ClN3O. The van der Waals surface area contributed by atoms with Gasteiger partial charge in [-0.25, -0.2) is 4.98 Å². The minimum absolute atomic E-state index is 0.222. The van der Waals surface area contributed by atoms with Crippen molar-refractivity contribution >= 4 is 33.5 Å². The molecule has 2 aromatic heterocycles. The standard InChI is InChI=1S/C16H18ClN3O/c1-3-11(10-21-2)20-15(8-17)19-14-9-18-13-7-5-4-6-12(13)16(14)20/h4-7,9,11H,3,8,10H2,1-2H3. The molecule has 1 aromatic carbocycles. The number of benzene rings is 1. The molecule has 0 N–H and O–H groups in total. The van der Waals surface area contributed by atoms with Crippen LogP contribution in [0.3, 0.4) is 0 Å². The molecule has 3 aromatic rings. The van der Waals surface area contributed by atoms with Crippen LogP contribution in [0.5, 0.6) is 0 Å². The Morgan fingerprint density at radius 1 is 1.29 bits per heavy atom. The maximum absolute atomic E-state index is 6.11. The van der Waals surface area contributed by atoms with E-state index in [1.165, 1.54) is 0 Å². The van der Waals surface area contributed by atoms with Crippen molar-refractivity contribution in [2.75, 3.05) is 13.7 Å². The molecule has 0 aliphatic carbocycles. The van der Waals surface area contributed by atoms with Crippen LogP contribution in [0, 0.1) is 0 Å². The Labute approximate surface area is 128 Å². The molecule has 0 radical (unpaired) electrons. The third-order valence-corrected chi connectivity index (χ3v) is 4.05. The van der Waals surface area contributed by atoms with Crippen LogP contribution in [0.1, 0.15) is 25.2 Å². The van der Waals surface area contributed by atoms with E-state index in [1.807, 2.05) is 24.4 Å². The van der Waals surface area contributed by atoms with E-state index in [-0.39, 0.29) is 6.04 Å². The van der Waals surface area contributed by atoms with E-state index < -0.39 is 0 Å². The van der Waals surface area contributed by atoms with Crippen molar-refractivity contribution in [1.82, 2.24) is 14.5 Å². The third kappa shape index (κ3) is 2.39. The Kier molecular flexibility index (Phi) is 4.08. The zero-order chi connectivity index (χ0) is 14.8. The molecule has 110 valence electrons. The van der Waals surface area contributed by atoms with Gasteiger partial charge in [-0.3, -0.25) is 4.98 Å². The van der Waals surface area contributed by atoms with Gasteiger partial charge in [0, 0.05) is 12.5 Å². The van der Waals surface area contributed by atoms with Gasteiger partial charge >= 0.3 is 0 Å². The van der Waals surface area contributed by atoms with Crippen molar-refractivity contribution < 1.29 is 4.74 Å². The largest absolute Gasteiger partial charge is 0.383 e. The lowest BCUT2D eigenvalue weighted by atomic mass is 10.1. The number of imidazole rings is 1. The number of rotatable bonds is 5. The summed E-state index contributed by atoms with van der Waals surface area (Å²) in [5.74, 6) is 1.25. The minimum Gasteiger partial charge on any atom is -0.383 e. The van der Waals surface area contributed by atoms with Gasteiger partial charge < -0.3 is 9.30 Å². The number of ether oxygens (including phenoxy) is 1. The number of aromatic nitrogens is 3. The van der Waals surface area contributed by atoms with Crippen LogP contribution in [0.15, 0.2) is 30.5 Å². The van der Waals surface area contributed by atoms with Gasteiger partial charge in [-0.2, -0.15) is 0 Å². The van der Waals surface area contributed by atoms with Crippen molar-refractivity contribution in [3.8, 4) is 0 Å². The molecule has 2 heterocycles. The van der Waals surface area contributed by atoms with Crippen LogP contribution < -0.4 is 0 Å². The molecule has 0 saturated heterocycles. The van der Waals surface area contributed by atoms with Crippen LogP contribution in [-0.4, -0.2) is 28.3 Å². The summed E-state index contributed by atoms with van der Waals surface area (Å²) in [6, 6.07) is 8.35. The van der Waals surface area contributed by atoms with E-state index in [1.54, 1.807) is 7.11 Å². The molecule has 1 unspecified atom stereocenters. The Morgan fingerprint density at radius 2 is 2.10 bits per heavy atom. The highest BCUT2D eigenvalue weighted by Gasteiger charge is 2.19. The molecule has 5 heteroatoms. The number of halogens is 1. The summed E-state index contributed by atoms with van der Waals surface area (Å²) in [6.07, 6.45) is 2.78. The third-order valence-electron chi connectivity index (χ3n) is 3.81. The van der Waals surface area contributed by atoms with Gasteiger partial charge in [0.15, 0.2) is 0 Å². The van der Waals surface area contributed by atoms with Crippen LogP contribution in [-0.2, 0) is 10.6 Å². The first-order valence-electron chi connectivity index (χ1n) is 7.09. The zero-order valence-electron chi connectivity index (χ0n) is 12.2. The molecular weight excluding hydrogens is 286 g/mol. The average Bonchev–Trinajstić information content (AvgIpc) is 2.91. The number of nitrogens with zero attached hydrogens (tertiary/aromatic N) is 3. The van der Waals surface area contributed by atoms with Crippen molar-refractivity contribution in [3.05, 3.63) is 36.3 Å². The lowest BCUT2D eigenvalue weighted by Crippen LogP contribution is -2.16. The Bertz CT molecular complexity index is 769.